The molecule has 4 nitrogen and oxygen atoms in total. The highest BCUT2D eigenvalue weighted by atomic mass is 35.5. The molecule has 0 saturated heterocycles. The van der Waals surface area contributed by atoms with Gasteiger partial charge in [0.2, 0.25) is 0 Å². The summed E-state index contributed by atoms with van der Waals surface area (Å²) in [6, 6.07) is 0. The molecule has 20 heavy (non-hydrogen) atoms. The van der Waals surface area contributed by atoms with Gasteiger partial charge in [-0.1, -0.05) is 0 Å². The number of hydrogen-bond acceptors (Lipinski definition) is 4. The van der Waals surface area contributed by atoms with Gasteiger partial charge < -0.3 is 9.47 Å². The Balaban J connectivity index is 3.51. The summed E-state index contributed by atoms with van der Waals surface area (Å²) in [6.45, 7) is 0.197. The maximum atomic E-state index is 11.3. The van der Waals surface area contributed by atoms with Crippen molar-refractivity contribution >= 4 is 58.3 Å². The summed E-state index contributed by atoms with van der Waals surface area (Å²) in [5.41, 5.74) is 0. The molecular weight excluding hydrogens is 350 g/mol. The van der Waals surface area contributed by atoms with E-state index in [2.05, 4.69) is 0 Å². The zero-order valence-electron chi connectivity index (χ0n) is 11.0. The molecule has 2 atom stereocenters. The van der Waals surface area contributed by atoms with E-state index in [4.69, 9.17) is 55.9 Å². The molecule has 0 heterocycles. The lowest BCUT2D eigenvalue weighted by Gasteiger charge is -2.08. The van der Waals surface area contributed by atoms with E-state index in [1.807, 2.05) is 0 Å². The fourth-order valence-electron chi connectivity index (χ4n) is 1.14. The Kier molecular flexibility index (Phi) is 12.9. The van der Waals surface area contributed by atoms with Crippen molar-refractivity contribution in [3.05, 3.63) is 0 Å². The molecular formula is C12H18Cl4O4. The fraction of sp³-hybridized carbons (Fsp3) is 0.833. The van der Waals surface area contributed by atoms with Crippen molar-refractivity contribution < 1.29 is 19.1 Å². The molecule has 0 rings (SSSR count). The van der Waals surface area contributed by atoms with Crippen molar-refractivity contribution in [3.8, 4) is 0 Å². The second-order valence-electron chi connectivity index (χ2n) is 4.08. The Morgan fingerprint density at radius 1 is 0.800 bits per heavy atom. The topological polar surface area (TPSA) is 52.6 Å². The van der Waals surface area contributed by atoms with Gasteiger partial charge in [0.1, 0.15) is 13.2 Å². The zero-order valence-corrected chi connectivity index (χ0v) is 14.0. The molecule has 0 bridgehead atoms. The number of carbonyl (C=O) groups is 2. The first-order valence-corrected chi connectivity index (χ1v) is 8.15. The van der Waals surface area contributed by atoms with Crippen molar-refractivity contribution in [2.24, 2.45) is 0 Å². The van der Waals surface area contributed by atoms with Crippen molar-refractivity contribution in [2.45, 2.75) is 36.4 Å². The predicted octanol–water partition coefficient (Wildman–Crippen LogP) is 3.33. The molecule has 0 aliphatic heterocycles. The van der Waals surface area contributed by atoms with Crippen LogP contribution in [0.5, 0.6) is 0 Å². The van der Waals surface area contributed by atoms with E-state index >= 15 is 0 Å². The number of esters is 2. The maximum Gasteiger partial charge on any atom is 0.305 e. The first-order valence-electron chi connectivity index (χ1n) is 6.20. The highest BCUT2D eigenvalue weighted by molar-refractivity contribution is 6.28. The Bertz CT molecular complexity index is 261. The van der Waals surface area contributed by atoms with E-state index < -0.39 is 0 Å². The Morgan fingerprint density at radius 2 is 1.15 bits per heavy atom. The summed E-state index contributed by atoms with van der Waals surface area (Å²) < 4.78 is 9.78. The lowest BCUT2D eigenvalue weighted by atomic mass is 10.2. The van der Waals surface area contributed by atoms with Crippen molar-refractivity contribution in [3.63, 3.8) is 0 Å². The first kappa shape index (κ1) is 20.1. The molecule has 0 fully saturated rings. The Morgan fingerprint density at radius 3 is 1.45 bits per heavy atom. The van der Waals surface area contributed by atoms with Crippen LogP contribution in [0.15, 0.2) is 0 Å². The smallest absolute Gasteiger partial charge is 0.305 e. The van der Waals surface area contributed by atoms with Gasteiger partial charge >= 0.3 is 11.9 Å². The van der Waals surface area contributed by atoms with E-state index in [1.54, 1.807) is 0 Å². The van der Waals surface area contributed by atoms with Gasteiger partial charge in [0.15, 0.2) is 0 Å². The third kappa shape index (κ3) is 11.9. The third-order valence-corrected chi connectivity index (χ3v) is 3.82. The van der Waals surface area contributed by atoms with Gasteiger partial charge in [-0.25, -0.2) is 0 Å². The van der Waals surface area contributed by atoms with E-state index in [0.29, 0.717) is 12.8 Å². The van der Waals surface area contributed by atoms with Crippen LogP contribution >= 0.6 is 46.4 Å². The minimum absolute atomic E-state index is 0.0987. The highest BCUT2D eigenvalue weighted by Crippen LogP contribution is 2.06. The first-order chi connectivity index (χ1) is 9.49. The van der Waals surface area contributed by atoms with Crippen molar-refractivity contribution in [1.29, 1.82) is 0 Å². The van der Waals surface area contributed by atoms with Gasteiger partial charge in [0, 0.05) is 24.6 Å². The average Bonchev–Trinajstić information content (AvgIpc) is 2.46. The Labute approximate surface area is 139 Å². The highest BCUT2D eigenvalue weighted by Gasteiger charge is 2.10. The molecule has 0 amide bonds. The lowest BCUT2D eigenvalue weighted by Crippen LogP contribution is -2.16. The molecule has 0 unspecified atom stereocenters. The molecule has 0 aliphatic rings. The quantitative estimate of drug-likeness (QED) is 0.319. The van der Waals surface area contributed by atoms with E-state index in [9.17, 15) is 9.59 Å². The number of carbonyl (C=O) groups excluding carboxylic acids is 2. The molecule has 0 aromatic carbocycles. The Hall–Kier alpha value is 0.1000. The van der Waals surface area contributed by atoms with Crippen molar-refractivity contribution in [2.75, 3.05) is 25.0 Å². The standard InChI is InChI=1S/C12H18Cl4O4/c13-5-9(15)7-19-11(17)3-1-2-4-12(18)20-8-10(16)6-14/h9-10H,1-8H2/t9-,10+. The molecule has 0 aromatic heterocycles. The third-order valence-electron chi connectivity index (χ3n) is 2.20. The van der Waals surface area contributed by atoms with Crippen LogP contribution in [0.25, 0.3) is 0 Å². The molecule has 0 saturated carbocycles. The average molecular weight is 368 g/mol. The second kappa shape index (κ2) is 12.8. The minimum Gasteiger partial charge on any atom is -0.464 e. The monoisotopic (exact) mass is 366 g/mol. The summed E-state index contributed by atoms with van der Waals surface area (Å²) in [7, 11) is 0. The number of hydrogen-bond donors (Lipinski definition) is 0. The number of unbranched alkanes of at least 4 members (excludes halogenated alkanes) is 1. The lowest BCUT2D eigenvalue weighted by molar-refractivity contribution is -0.145. The van der Waals surface area contributed by atoms with Crippen LogP contribution in [-0.4, -0.2) is 47.7 Å². The van der Waals surface area contributed by atoms with Crippen LogP contribution in [-0.2, 0) is 19.1 Å². The van der Waals surface area contributed by atoms with Crippen LogP contribution in [0.2, 0.25) is 0 Å². The number of ether oxygens (including phenoxy) is 2. The van der Waals surface area contributed by atoms with Crippen LogP contribution in [0.4, 0.5) is 0 Å². The zero-order chi connectivity index (χ0) is 15.4. The number of halogens is 4. The summed E-state index contributed by atoms with van der Waals surface area (Å²) in [4.78, 5) is 22.6. The summed E-state index contributed by atoms with van der Waals surface area (Å²) in [6.07, 6.45) is 1.56. The SMILES string of the molecule is O=C(CCCCC(=O)OC[C@@H](Cl)CCl)OC[C@H](Cl)CCl. The van der Waals surface area contributed by atoms with E-state index in [1.165, 1.54) is 0 Å². The van der Waals surface area contributed by atoms with Gasteiger partial charge in [-0.2, -0.15) is 0 Å². The van der Waals surface area contributed by atoms with E-state index in [0.717, 1.165) is 0 Å². The van der Waals surface area contributed by atoms with Crippen LogP contribution in [0, 0.1) is 0 Å². The molecule has 0 spiro atoms. The molecule has 0 aromatic rings. The van der Waals surface area contributed by atoms with Crippen LogP contribution in [0.1, 0.15) is 25.7 Å². The largest absolute Gasteiger partial charge is 0.464 e. The molecule has 0 N–H and O–H groups in total. The van der Waals surface area contributed by atoms with Gasteiger partial charge in [0.05, 0.1) is 10.8 Å². The summed E-state index contributed by atoms with van der Waals surface area (Å²) >= 11 is 22.3. The molecule has 0 radical (unpaired) electrons. The summed E-state index contributed by atoms with van der Waals surface area (Å²) in [5, 5.41) is -0.748. The molecule has 0 aliphatic carbocycles. The maximum absolute atomic E-state index is 11.3. The van der Waals surface area contributed by atoms with Gasteiger partial charge in [-0.15, -0.1) is 46.4 Å². The predicted molar refractivity (Wildman–Crippen MR) is 81.1 cm³/mol. The van der Waals surface area contributed by atoms with Crippen LogP contribution in [0.3, 0.4) is 0 Å². The summed E-state index contributed by atoms with van der Waals surface area (Å²) in [5.74, 6) is -0.246. The van der Waals surface area contributed by atoms with Crippen molar-refractivity contribution in [1.82, 2.24) is 0 Å². The fourth-order valence-corrected chi connectivity index (χ4v) is 1.44. The number of alkyl halides is 4. The number of rotatable bonds is 11. The normalized spacial score (nSPS) is 13.6. The van der Waals surface area contributed by atoms with Gasteiger partial charge in [-0.05, 0) is 12.8 Å². The van der Waals surface area contributed by atoms with Gasteiger partial charge in [-0.3, -0.25) is 9.59 Å². The van der Waals surface area contributed by atoms with Gasteiger partial charge in [0.25, 0.3) is 0 Å². The molecule has 8 heteroatoms. The molecule has 118 valence electrons. The minimum atomic E-state index is -0.374. The van der Waals surface area contributed by atoms with Crippen LogP contribution < -0.4 is 0 Å². The second-order valence-corrected chi connectivity index (χ2v) is 5.93. The van der Waals surface area contributed by atoms with E-state index in [-0.39, 0.29) is 60.5 Å².